The van der Waals surface area contributed by atoms with Crippen LogP contribution in [0.25, 0.3) is 0 Å². The molecule has 0 atom stereocenters. The van der Waals surface area contributed by atoms with Gasteiger partial charge >= 0.3 is 5.97 Å². The van der Waals surface area contributed by atoms with E-state index in [-0.39, 0.29) is 22.8 Å². The molecule has 178 valence electrons. The van der Waals surface area contributed by atoms with Crippen LogP contribution in [0.3, 0.4) is 0 Å². The molecule has 2 aliphatic rings. The van der Waals surface area contributed by atoms with E-state index in [4.69, 9.17) is 19.3 Å². The molecule has 33 heavy (non-hydrogen) atoms. The Labute approximate surface area is 194 Å². The zero-order valence-corrected chi connectivity index (χ0v) is 19.3. The fourth-order valence-corrected chi connectivity index (χ4v) is 4.69. The summed E-state index contributed by atoms with van der Waals surface area (Å²) in [6.07, 6.45) is 1.92. The van der Waals surface area contributed by atoms with Gasteiger partial charge in [0, 0.05) is 32.7 Å². The second-order valence-electron chi connectivity index (χ2n) is 8.07. The number of nitrogens with two attached hydrogens (primary N) is 1. The topological polar surface area (TPSA) is 111 Å². The maximum Gasteiger partial charge on any atom is 0.338 e. The molecule has 0 radical (unpaired) electrons. The molecule has 0 saturated carbocycles. The van der Waals surface area contributed by atoms with Gasteiger partial charge in [0.05, 0.1) is 24.5 Å². The van der Waals surface area contributed by atoms with Gasteiger partial charge in [-0.3, -0.25) is 4.90 Å². The number of ether oxygens (including phenoxy) is 3. The number of nitrogens with zero attached hydrogens (tertiary/aromatic N) is 2. The zero-order chi connectivity index (χ0) is 23.3. The van der Waals surface area contributed by atoms with Crippen molar-refractivity contribution in [2.24, 2.45) is 5.14 Å². The van der Waals surface area contributed by atoms with E-state index in [9.17, 15) is 13.2 Å². The van der Waals surface area contributed by atoms with Crippen molar-refractivity contribution in [3.05, 3.63) is 48.0 Å². The predicted molar refractivity (Wildman–Crippen MR) is 123 cm³/mol. The summed E-state index contributed by atoms with van der Waals surface area (Å²) in [6, 6.07) is 11.8. The molecule has 4 rings (SSSR count). The minimum Gasteiger partial charge on any atom is -0.461 e. The number of para-hydroxylation sites is 1. The highest BCUT2D eigenvalue weighted by Crippen LogP contribution is 2.40. The van der Waals surface area contributed by atoms with E-state index in [1.165, 1.54) is 6.07 Å². The zero-order valence-electron chi connectivity index (χ0n) is 18.4. The maximum absolute atomic E-state index is 12.8. The Morgan fingerprint density at radius 3 is 2.39 bits per heavy atom. The molecule has 0 bridgehead atoms. The molecule has 0 unspecified atom stereocenters. The molecule has 0 spiro atoms. The standard InChI is InChI=1S/C23H29N3O6S/c24-33(28,29)21-17-18(23(27)31-15-12-25-10-13-30-14-11-25)16-20(26-8-4-5-9-26)22(21)32-19-6-2-1-3-7-19/h1-3,6-7,16-17H,4-5,8-15H2,(H2,24,28,29). The second-order valence-corrected chi connectivity index (χ2v) is 9.60. The highest BCUT2D eigenvalue weighted by Gasteiger charge is 2.28. The van der Waals surface area contributed by atoms with Gasteiger partial charge in [-0.2, -0.15) is 0 Å². The average molecular weight is 476 g/mol. The van der Waals surface area contributed by atoms with Crippen molar-refractivity contribution >= 4 is 21.7 Å². The van der Waals surface area contributed by atoms with E-state index in [0.29, 0.717) is 31.2 Å². The third-order valence-electron chi connectivity index (χ3n) is 5.73. The Morgan fingerprint density at radius 2 is 1.73 bits per heavy atom. The smallest absolute Gasteiger partial charge is 0.338 e. The van der Waals surface area contributed by atoms with Crippen molar-refractivity contribution in [2.75, 3.05) is 57.4 Å². The van der Waals surface area contributed by atoms with Gasteiger partial charge in [-0.15, -0.1) is 0 Å². The third kappa shape index (κ3) is 6.02. The van der Waals surface area contributed by atoms with Crippen LogP contribution in [0, 0.1) is 0 Å². The van der Waals surface area contributed by atoms with Gasteiger partial charge in [0.2, 0.25) is 10.0 Å². The van der Waals surface area contributed by atoms with E-state index < -0.39 is 16.0 Å². The van der Waals surface area contributed by atoms with E-state index in [0.717, 1.165) is 39.0 Å². The number of esters is 1. The summed E-state index contributed by atoms with van der Waals surface area (Å²) in [5, 5.41) is 5.55. The first-order valence-corrected chi connectivity index (χ1v) is 12.6. The molecule has 2 fully saturated rings. The maximum atomic E-state index is 12.8. The number of sulfonamides is 1. The fourth-order valence-electron chi connectivity index (χ4n) is 3.99. The Balaban J connectivity index is 1.63. The summed E-state index contributed by atoms with van der Waals surface area (Å²) in [5.74, 6) is -0.000909. The number of hydrogen-bond acceptors (Lipinski definition) is 8. The van der Waals surface area contributed by atoms with Crippen molar-refractivity contribution in [3.63, 3.8) is 0 Å². The largest absolute Gasteiger partial charge is 0.461 e. The lowest BCUT2D eigenvalue weighted by molar-refractivity contribution is 0.0195. The first-order chi connectivity index (χ1) is 15.9. The molecule has 2 aliphatic heterocycles. The fraction of sp³-hybridized carbons (Fsp3) is 0.435. The molecular weight excluding hydrogens is 446 g/mol. The van der Waals surface area contributed by atoms with Crippen LogP contribution >= 0.6 is 0 Å². The van der Waals surface area contributed by atoms with Crippen LogP contribution in [-0.2, 0) is 19.5 Å². The average Bonchev–Trinajstić information content (AvgIpc) is 3.34. The van der Waals surface area contributed by atoms with Crippen molar-refractivity contribution in [1.29, 1.82) is 0 Å². The van der Waals surface area contributed by atoms with Gasteiger partial charge in [-0.05, 0) is 37.1 Å². The lowest BCUT2D eigenvalue weighted by atomic mass is 10.1. The van der Waals surface area contributed by atoms with Gasteiger partial charge in [0.25, 0.3) is 0 Å². The van der Waals surface area contributed by atoms with Gasteiger partial charge in [-0.1, -0.05) is 18.2 Å². The third-order valence-corrected chi connectivity index (χ3v) is 6.65. The van der Waals surface area contributed by atoms with Crippen LogP contribution in [0.15, 0.2) is 47.4 Å². The van der Waals surface area contributed by atoms with Crippen LogP contribution in [0.2, 0.25) is 0 Å². The van der Waals surface area contributed by atoms with Crippen LogP contribution in [0.5, 0.6) is 11.5 Å². The van der Waals surface area contributed by atoms with Crippen LogP contribution in [0.4, 0.5) is 5.69 Å². The summed E-state index contributed by atoms with van der Waals surface area (Å²) in [4.78, 5) is 16.8. The van der Waals surface area contributed by atoms with Crippen LogP contribution in [-0.4, -0.2) is 71.8 Å². The van der Waals surface area contributed by atoms with E-state index >= 15 is 0 Å². The highest BCUT2D eigenvalue weighted by molar-refractivity contribution is 7.89. The van der Waals surface area contributed by atoms with E-state index in [1.807, 2.05) is 11.0 Å². The molecule has 2 aromatic carbocycles. The molecule has 10 heteroatoms. The molecule has 0 aliphatic carbocycles. The van der Waals surface area contributed by atoms with E-state index in [1.54, 1.807) is 30.3 Å². The van der Waals surface area contributed by atoms with Gasteiger partial charge in [0.1, 0.15) is 17.3 Å². The number of carbonyl (C=O) groups excluding carboxylic acids is 1. The molecule has 2 aromatic rings. The number of benzene rings is 2. The Morgan fingerprint density at radius 1 is 1.03 bits per heavy atom. The summed E-state index contributed by atoms with van der Waals surface area (Å²) < 4.78 is 41.8. The Hall–Kier alpha value is -2.66. The molecule has 9 nitrogen and oxygen atoms in total. The predicted octanol–water partition coefficient (Wildman–Crippen LogP) is 2.22. The minimum atomic E-state index is -4.18. The van der Waals surface area contributed by atoms with Crippen molar-refractivity contribution < 1.29 is 27.4 Å². The van der Waals surface area contributed by atoms with Crippen molar-refractivity contribution in [1.82, 2.24) is 4.90 Å². The SMILES string of the molecule is NS(=O)(=O)c1cc(C(=O)OCCN2CCOCC2)cc(N2CCCC2)c1Oc1ccccc1. The normalized spacial score (nSPS) is 17.2. The number of carbonyl (C=O) groups is 1. The van der Waals surface area contributed by atoms with Crippen molar-refractivity contribution in [2.45, 2.75) is 17.7 Å². The van der Waals surface area contributed by atoms with E-state index in [2.05, 4.69) is 4.90 Å². The minimum absolute atomic E-state index is 0.121. The van der Waals surface area contributed by atoms with Crippen LogP contribution < -0.4 is 14.8 Å². The van der Waals surface area contributed by atoms with Crippen LogP contribution in [0.1, 0.15) is 23.2 Å². The summed E-state index contributed by atoms with van der Waals surface area (Å²) in [7, 11) is -4.18. The highest BCUT2D eigenvalue weighted by atomic mass is 32.2. The number of hydrogen-bond donors (Lipinski definition) is 1. The molecule has 0 aromatic heterocycles. The molecule has 0 amide bonds. The second kappa shape index (κ2) is 10.5. The lowest BCUT2D eigenvalue weighted by Gasteiger charge is -2.26. The van der Waals surface area contributed by atoms with Gasteiger partial charge < -0.3 is 19.1 Å². The monoisotopic (exact) mass is 475 g/mol. The van der Waals surface area contributed by atoms with Gasteiger partial charge in [-0.25, -0.2) is 18.4 Å². The molecule has 2 N–H and O–H groups in total. The Kier molecular flexibility index (Phi) is 7.49. The molecular formula is C23H29N3O6S. The Bertz CT molecular complexity index is 1070. The quantitative estimate of drug-likeness (QED) is 0.579. The first-order valence-electron chi connectivity index (χ1n) is 11.1. The summed E-state index contributed by atoms with van der Waals surface area (Å²) in [5.41, 5.74) is 0.645. The summed E-state index contributed by atoms with van der Waals surface area (Å²) >= 11 is 0. The van der Waals surface area contributed by atoms with Gasteiger partial charge in [0.15, 0.2) is 5.75 Å². The first kappa shape index (κ1) is 23.5. The molecule has 2 saturated heterocycles. The molecule has 2 heterocycles. The van der Waals surface area contributed by atoms with Crippen molar-refractivity contribution in [3.8, 4) is 11.5 Å². The number of primary sulfonamides is 1. The lowest BCUT2D eigenvalue weighted by Crippen LogP contribution is -2.38. The number of anilines is 1. The number of rotatable bonds is 8. The summed E-state index contributed by atoms with van der Waals surface area (Å²) in [6.45, 7) is 5.14. The number of morpholine rings is 1.